The molecule has 0 aliphatic carbocycles. The van der Waals surface area contributed by atoms with Gasteiger partial charge in [-0.1, -0.05) is 48.5 Å². The third-order valence-electron chi connectivity index (χ3n) is 5.97. The molecule has 1 atom stereocenters. The molecule has 5 rings (SSSR count). The normalized spacial score (nSPS) is 16.1. The van der Waals surface area contributed by atoms with E-state index in [0.717, 1.165) is 29.9 Å². The van der Waals surface area contributed by atoms with E-state index in [0.29, 0.717) is 6.54 Å². The van der Waals surface area contributed by atoms with Crippen LogP contribution in [0.1, 0.15) is 22.9 Å². The van der Waals surface area contributed by atoms with E-state index in [4.69, 9.17) is 4.74 Å². The number of rotatable bonds is 5. The minimum absolute atomic E-state index is 0.0129. The summed E-state index contributed by atoms with van der Waals surface area (Å²) in [6.07, 6.45) is 0.915. The number of amides is 1. The number of anilines is 1. The van der Waals surface area contributed by atoms with Crippen LogP contribution in [0.15, 0.2) is 78.9 Å². The maximum absolute atomic E-state index is 12.9. The average Bonchev–Trinajstić information content (AvgIpc) is 3.18. The van der Waals surface area contributed by atoms with Gasteiger partial charge in [-0.15, -0.1) is 0 Å². The van der Waals surface area contributed by atoms with Gasteiger partial charge in [0.15, 0.2) is 0 Å². The van der Waals surface area contributed by atoms with Gasteiger partial charge in [-0.3, -0.25) is 9.69 Å². The standard InChI is InChI=1S/C26H25N3O2/c1-31-20-13-11-19(12-14-20)27-24(30)17-29-16-15-22-21-9-5-6-10-23(21)28-25(22)26(29)18-7-3-2-4-8-18/h2-14,26,28H,15-17H2,1H3,(H,27,30). The summed E-state index contributed by atoms with van der Waals surface area (Å²) >= 11 is 0. The fourth-order valence-electron chi connectivity index (χ4n) is 4.53. The zero-order valence-electron chi connectivity index (χ0n) is 17.5. The van der Waals surface area contributed by atoms with E-state index in [9.17, 15) is 4.79 Å². The molecule has 0 saturated carbocycles. The molecule has 5 nitrogen and oxygen atoms in total. The number of aromatic nitrogens is 1. The molecular formula is C26H25N3O2. The lowest BCUT2D eigenvalue weighted by Gasteiger charge is -2.35. The third-order valence-corrected chi connectivity index (χ3v) is 5.97. The quantitative estimate of drug-likeness (QED) is 0.498. The lowest BCUT2D eigenvalue weighted by Crippen LogP contribution is -2.41. The van der Waals surface area contributed by atoms with Crippen LogP contribution in [0.4, 0.5) is 5.69 Å². The van der Waals surface area contributed by atoms with E-state index in [-0.39, 0.29) is 11.9 Å². The molecule has 1 aromatic heterocycles. The summed E-state index contributed by atoms with van der Waals surface area (Å²) < 4.78 is 5.19. The number of hydrogen-bond donors (Lipinski definition) is 2. The van der Waals surface area contributed by atoms with Gasteiger partial charge in [-0.05, 0) is 47.9 Å². The molecule has 2 heterocycles. The van der Waals surface area contributed by atoms with E-state index in [1.54, 1.807) is 7.11 Å². The summed E-state index contributed by atoms with van der Waals surface area (Å²) in [6, 6.07) is 26.3. The Hall–Kier alpha value is -3.57. The Bertz CT molecular complexity index is 1200. The Kier molecular flexibility index (Phi) is 5.18. The fourth-order valence-corrected chi connectivity index (χ4v) is 4.53. The van der Waals surface area contributed by atoms with Crippen LogP contribution in [0.2, 0.25) is 0 Å². The van der Waals surface area contributed by atoms with Crippen LogP contribution in [-0.4, -0.2) is 36.0 Å². The molecule has 0 bridgehead atoms. The number of carbonyl (C=O) groups is 1. The molecule has 1 aliphatic heterocycles. The van der Waals surface area contributed by atoms with Gasteiger partial charge in [0, 0.05) is 28.8 Å². The van der Waals surface area contributed by atoms with Crippen molar-refractivity contribution in [3.05, 3.63) is 95.7 Å². The zero-order chi connectivity index (χ0) is 21.2. The van der Waals surface area contributed by atoms with Crippen molar-refractivity contribution in [2.75, 3.05) is 25.5 Å². The molecule has 0 fully saturated rings. The van der Waals surface area contributed by atoms with Gasteiger partial charge in [0.25, 0.3) is 0 Å². The lowest BCUT2D eigenvalue weighted by atomic mass is 9.92. The number of nitrogens with one attached hydrogen (secondary N) is 2. The maximum atomic E-state index is 12.9. The van der Waals surface area contributed by atoms with Gasteiger partial charge in [0.2, 0.25) is 5.91 Å². The van der Waals surface area contributed by atoms with E-state index in [2.05, 4.69) is 63.7 Å². The predicted molar refractivity (Wildman–Crippen MR) is 123 cm³/mol. The minimum Gasteiger partial charge on any atom is -0.497 e. The average molecular weight is 412 g/mol. The molecule has 1 amide bonds. The number of methoxy groups -OCH3 is 1. The van der Waals surface area contributed by atoms with Crippen LogP contribution in [0, 0.1) is 0 Å². The van der Waals surface area contributed by atoms with Crippen molar-refractivity contribution in [2.45, 2.75) is 12.5 Å². The molecule has 0 spiro atoms. The summed E-state index contributed by atoms with van der Waals surface area (Å²) in [5.41, 5.74) is 5.66. The number of hydrogen-bond acceptors (Lipinski definition) is 3. The number of aromatic amines is 1. The molecule has 1 unspecified atom stereocenters. The second-order valence-electron chi connectivity index (χ2n) is 7.87. The van der Waals surface area contributed by atoms with Gasteiger partial charge in [0.05, 0.1) is 19.7 Å². The maximum Gasteiger partial charge on any atom is 0.238 e. The van der Waals surface area contributed by atoms with Crippen molar-refractivity contribution in [3.8, 4) is 5.75 Å². The summed E-state index contributed by atoms with van der Waals surface area (Å²) in [4.78, 5) is 18.8. The molecule has 156 valence electrons. The van der Waals surface area contributed by atoms with Crippen molar-refractivity contribution in [3.63, 3.8) is 0 Å². The van der Waals surface area contributed by atoms with E-state index >= 15 is 0 Å². The third kappa shape index (κ3) is 3.80. The summed E-state index contributed by atoms with van der Waals surface area (Å²) in [5.74, 6) is 0.746. The Morgan fingerprint density at radius 2 is 1.77 bits per heavy atom. The lowest BCUT2D eigenvalue weighted by molar-refractivity contribution is -0.117. The molecule has 31 heavy (non-hydrogen) atoms. The molecule has 2 N–H and O–H groups in total. The molecule has 4 aromatic rings. The number of nitrogens with zero attached hydrogens (tertiary/aromatic N) is 1. The summed E-state index contributed by atoms with van der Waals surface area (Å²) in [7, 11) is 1.63. The summed E-state index contributed by atoms with van der Waals surface area (Å²) in [5, 5.41) is 4.30. The van der Waals surface area contributed by atoms with Crippen molar-refractivity contribution in [2.24, 2.45) is 0 Å². The Balaban J connectivity index is 1.44. The molecule has 0 saturated heterocycles. The Labute approximate surface area is 181 Å². The zero-order valence-corrected chi connectivity index (χ0v) is 17.5. The molecule has 3 aromatic carbocycles. The first kappa shape index (κ1) is 19.4. The van der Waals surface area contributed by atoms with Crippen LogP contribution in [0.5, 0.6) is 5.75 Å². The number of para-hydroxylation sites is 1. The second-order valence-corrected chi connectivity index (χ2v) is 7.87. The highest BCUT2D eigenvalue weighted by atomic mass is 16.5. The number of carbonyl (C=O) groups excluding carboxylic acids is 1. The van der Waals surface area contributed by atoms with Crippen molar-refractivity contribution < 1.29 is 9.53 Å². The Morgan fingerprint density at radius 3 is 2.55 bits per heavy atom. The number of H-pyrrole nitrogens is 1. The van der Waals surface area contributed by atoms with Gasteiger partial charge < -0.3 is 15.0 Å². The predicted octanol–water partition coefficient (Wildman–Crippen LogP) is 4.76. The number of benzene rings is 3. The van der Waals surface area contributed by atoms with Crippen molar-refractivity contribution in [1.29, 1.82) is 0 Å². The molecule has 1 aliphatic rings. The highest BCUT2D eigenvalue weighted by molar-refractivity contribution is 5.92. The fraction of sp³-hybridized carbons (Fsp3) is 0.192. The van der Waals surface area contributed by atoms with Crippen LogP contribution < -0.4 is 10.1 Å². The topological polar surface area (TPSA) is 57.4 Å². The molecular weight excluding hydrogens is 386 g/mol. The first-order valence-corrected chi connectivity index (χ1v) is 10.6. The van der Waals surface area contributed by atoms with Gasteiger partial charge >= 0.3 is 0 Å². The van der Waals surface area contributed by atoms with Crippen LogP contribution >= 0.6 is 0 Å². The summed E-state index contributed by atoms with van der Waals surface area (Å²) in [6.45, 7) is 1.14. The largest absolute Gasteiger partial charge is 0.497 e. The van der Waals surface area contributed by atoms with Gasteiger partial charge in [-0.2, -0.15) is 0 Å². The highest BCUT2D eigenvalue weighted by Crippen LogP contribution is 2.38. The van der Waals surface area contributed by atoms with Crippen LogP contribution in [0.25, 0.3) is 10.9 Å². The van der Waals surface area contributed by atoms with Crippen LogP contribution in [0.3, 0.4) is 0 Å². The van der Waals surface area contributed by atoms with Gasteiger partial charge in [0.1, 0.15) is 5.75 Å². The highest BCUT2D eigenvalue weighted by Gasteiger charge is 2.32. The first-order chi connectivity index (χ1) is 15.2. The van der Waals surface area contributed by atoms with E-state index < -0.39 is 0 Å². The molecule has 5 heteroatoms. The SMILES string of the molecule is COc1ccc(NC(=O)CN2CCc3c([nH]c4ccccc34)C2c2ccccc2)cc1. The number of ether oxygens (including phenoxy) is 1. The van der Waals surface area contributed by atoms with E-state index in [1.165, 1.54) is 22.2 Å². The smallest absolute Gasteiger partial charge is 0.238 e. The van der Waals surface area contributed by atoms with Crippen molar-refractivity contribution >= 4 is 22.5 Å². The minimum atomic E-state index is -0.0225. The molecule has 0 radical (unpaired) electrons. The Morgan fingerprint density at radius 1 is 1.03 bits per heavy atom. The monoisotopic (exact) mass is 411 g/mol. The first-order valence-electron chi connectivity index (χ1n) is 10.6. The van der Waals surface area contributed by atoms with Gasteiger partial charge in [-0.25, -0.2) is 0 Å². The van der Waals surface area contributed by atoms with Crippen LogP contribution in [-0.2, 0) is 11.2 Å². The number of fused-ring (bicyclic) bond motifs is 3. The van der Waals surface area contributed by atoms with Crippen molar-refractivity contribution in [1.82, 2.24) is 9.88 Å². The second kappa shape index (κ2) is 8.28. The van der Waals surface area contributed by atoms with E-state index in [1.807, 2.05) is 30.3 Å².